The highest BCUT2D eigenvalue weighted by atomic mass is 16.7. The van der Waals surface area contributed by atoms with Gasteiger partial charge in [-0.25, -0.2) is 0 Å². The molecule has 2 rings (SSSR count). The summed E-state index contributed by atoms with van der Waals surface area (Å²) in [6.45, 7) is 8.50. The Kier molecular flexibility index (Phi) is 6.63. The average Bonchev–Trinajstić information content (AvgIpc) is 2.60. The Hall–Kier alpha value is -0.900. The minimum Gasteiger partial charge on any atom is -0.394 e. The minimum absolute atomic E-state index is 0.0710. The summed E-state index contributed by atoms with van der Waals surface area (Å²) in [6.07, 6.45) is 6.69. The van der Waals surface area contributed by atoms with Gasteiger partial charge in [0.2, 0.25) is 0 Å². The number of hydrogen-bond acceptors (Lipinski definition) is 3. The number of rotatable bonds is 7. The number of benzene rings is 1. The Labute approximate surface area is 141 Å². The molecule has 0 amide bonds. The second kappa shape index (κ2) is 8.27. The van der Waals surface area contributed by atoms with Crippen LogP contribution >= 0.6 is 0 Å². The molecule has 0 aromatic heterocycles. The molecule has 1 N–H and O–H groups in total. The molecule has 1 fully saturated rings. The smallest absolute Gasteiger partial charge is 0.0793 e. The Balaban J connectivity index is 2.14. The van der Waals surface area contributed by atoms with Gasteiger partial charge in [-0.1, -0.05) is 49.6 Å². The number of aliphatic hydroxyl groups is 1. The van der Waals surface area contributed by atoms with Crippen molar-refractivity contribution in [3.63, 3.8) is 0 Å². The molecule has 3 heteroatoms. The van der Waals surface area contributed by atoms with Crippen LogP contribution in [0.5, 0.6) is 0 Å². The first-order chi connectivity index (χ1) is 11.0. The molecule has 1 aromatic carbocycles. The SMILES string of the molecule is CC(ON(C(C)c1ccccc1)C(C)(C)CO)C1CCCCC1. The quantitative estimate of drug-likeness (QED) is 0.738. The summed E-state index contributed by atoms with van der Waals surface area (Å²) in [5.41, 5.74) is 0.794. The standard InChI is InChI=1S/C20H33NO2/c1-16(18-11-7-5-8-12-18)21(20(3,4)15-22)23-17(2)19-13-9-6-10-14-19/h5,7-8,11-12,16-17,19,22H,6,9-10,13-15H2,1-4H3. The average molecular weight is 319 g/mol. The third-order valence-electron chi connectivity index (χ3n) is 5.21. The molecule has 3 nitrogen and oxygen atoms in total. The Morgan fingerprint density at radius 2 is 1.74 bits per heavy atom. The van der Waals surface area contributed by atoms with Gasteiger partial charge >= 0.3 is 0 Å². The molecule has 1 saturated carbocycles. The van der Waals surface area contributed by atoms with Crippen LogP contribution in [0.3, 0.4) is 0 Å². The highest BCUT2D eigenvalue weighted by Gasteiger charge is 2.35. The van der Waals surface area contributed by atoms with Crippen molar-refractivity contribution in [3.05, 3.63) is 35.9 Å². The molecule has 23 heavy (non-hydrogen) atoms. The van der Waals surface area contributed by atoms with Crippen molar-refractivity contribution in [2.45, 2.75) is 77.5 Å². The first-order valence-electron chi connectivity index (χ1n) is 9.07. The van der Waals surface area contributed by atoms with Crippen LogP contribution in [0.15, 0.2) is 30.3 Å². The molecule has 0 radical (unpaired) electrons. The fourth-order valence-electron chi connectivity index (χ4n) is 3.56. The van der Waals surface area contributed by atoms with E-state index in [1.807, 2.05) is 25.0 Å². The van der Waals surface area contributed by atoms with E-state index in [0.717, 1.165) is 0 Å². The summed E-state index contributed by atoms with van der Waals surface area (Å²) in [5.74, 6) is 0.628. The lowest BCUT2D eigenvalue weighted by molar-refractivity contribution is -0.280. The monoisotopic (exact) mass is 319 g/mol. The summed E-state index contributed by atoms with van der Waals surface area (Å²) < 4.78 is 0. The maximum atomic E-state index is 9.86. The van der Waals surface area contributed by atoms with Crippen LogP contribution in [0, 0.1) is 5.92 Å². The molecule has 0 bridgehead atoms. The topological polar surface area (TPSA) is 32.7 Å². The number of nitrogens with zero attached hydrogens (tertiary/aromatic N) is 1. The van der Waals surface area contributed by atoms with E-state index in [4.69, 9.17) is 4.84 Å². The van der Waals surface area contributed by atoms with Crippen molar-refractivity contribution >= 4 is 0 Å². The number of hydroxylamine groups is 2. The predicted molar refractivity (Wildman–Crippen MR) is 95.0 cm³/mol. The van der Waals surface area contributed by atoms with Crippen molar-refractivity contribution in [2.75, 3.05) is 6.61 Å². The molecule has 2 atom stereocenters. The van der Waals surface area contributed by atoms with Gasteiger partial charge in [-0.3, -0.25) is 4.84 Å². The predicted octanol–water partition coefficient (Wildman–Crippen LogP) is 4.72. The van der Waals surface area contributed by atoms with Gasteiger partial charge in [-0.2, -0.15) is 5.06 Å². The fraction of sp³-hybridized carbons (Fsp3) is 0.700. The Morgan fingerprint density at radius 3 is 2.30 bits per heavy atom. The van der Waals surface area contributed by atoms with Crippen molar-refractivity contribution in [1.29, 1.82) is 0 Å². The molecule has 130 valence electrons. The van der Waals surface area contributed by atoms with Crippen molar-refractivity contribution < 1.29 is 9.94 Å². The summed E-state index contributed by atoms with van der Waals surface area (Å²) in [5, 5.41) is 11.9. The zero-order valence-corrected chi connectivity index (χ0v) is 15.2. The van der Waals surface area contributed by atoms with Crippen molar-refractivity contribution in [3.8, 4) is 0 Å². The first-order valence-corrected chi connectivity index (χ1v) is 9.07. The molecule has 1 aliphatic rings. The van der Waals surface area contributed by atoms with E-state index in [-0.39, 0.29) is 18.8 Å². The normalized spacial score (nSPS) is 19.7. The van der Waals surface area contributed by atoms with Gasteiger partial charge in [0.25, 0.3) is 0 Å². The van der Waals surface area contributed by atoms with Crippen LogP contribution in [-0.4, -0.2) is 28.4 Å². The highest BCUT2D eigenvalue weighted by Crippen LogP contribution is 2.33. The lowest BCUT2D eigenvalue weighted by Gasteiger charge is -2.43. The van der Waals surface area contributed by atoms with Gasteiger partial charge in [-0.05, 0) is 52.0 Å². The molecule has 1 aliphatic carbocycles. The summed E-state index contributed by atoms with van der Waals surface area (Å²) >= 11 is 0. The van der Waals surface area contributed by atoms with Gasteiger partial charge in [-0.15, -0.1) is 0 Å². The van der Waals surface area contributed by atoms with Crippen LogP contribution in [0.25, 0.3) is 0 Å². The van der Waals surface area contributed by atoms with Gasteiger partial charge < -0.3 is 5.11 Å². The third-order valence-corrected chi connectivity index (χ3v) is 5.21. The van der Waals surface area contributed by atoms with Gasteiger partial charge in [0.1, 0.15) is 0 Å². The third kappa shape index (κ3) is 4.79. The lowest BCUT2D eigenvalue weighted by Crippen LogP contribution is -2.50. The maximum absolute atomic E-state index is 9.86. The largest absolute Gasteiger partial charge is 0.394 e. The molecular weight excluding hydrogens is 286 g/mol. The Morgan fingerprint density at radius 1 is 1.13 bits per heavy atom. The maximum Gasteiger partial charge on any atom is 0.0793 e. The molecule has 0 heterocycles. The molecule has 0 aliphatic heterocycles. The van der Waals surface area contributed by atoms with Crippen LogP contribution in [0.4, 0.5) is 0 Å². The second-order valence-corrected chi connectivity index (χ2v) is 7.59. The van der Waals surface area contributed by atoms with E-state index >= 15 is 0 Å². The van der Waals surface area contributed by atoms with E-state index in [0.29, 0.717) is 5.92 Å². The van der Waals surface area contributed by atoms with Crippen LogP contribution in [-0.2, 0) is 4.84 Å². The molecule has 2 unspecified atom stereocenters. The molecule has 0 spiro atoms. The first kappa shape index (κ1) is 18.4. The molecule has 0 saturated heterocycles. The van der Waals surface area contributed by atoms with Crippen LogP contribution in [0.1, 0.15) is 71.4 Å². The Bertz CT molecular complexity index is 454. The van der Waals surface area contributed by atoms with E-state index in [9.17, 15) is 5.11 Å². The minimum atomic E-state index is -0.418. The number of aliphatic hydroxyl groups excluding tert-OH is 1. The summed E-state index contributed by atoms with van der Waals surface area (Å²) in [6, 6.07) is 10.5. The zero-order chi connectivity index (χ0) is 16.9. The van der Waals surface area contributed by atoms with Gasteiger partial charge in [0.15, 0.2) is 0 Å². The van der Waals surface area contributed by atoms with Crippen LogP contribution < -0.4 is 0 Å². The highest BCUT2D eigenvalue weighted by molar-refractivity contribution is 5.18. The number of hydrogen-bond donors (Lipinski definition) is 1. The van der Waals surface area contributed by atoms with Gasteiger partial charge in [0.05, 0.1) is 24.3 Å². The fourth-order valence-corrected chi connectivity index (χ4v) is 3.56. The van der Waals surface area contributed by atoms with E-state index < -0.39 is 5.54 Å². The molecule has 1 aromatic rings. The summed E-state index contributed by atoms with van der Waals surface area (Å²) in [7, 11) is 0. The molecular formula is C20H33NO2. The zero-order valence-electron chi connectivity index (χ0n) is 15.2. The van der Waals surface area contributed by atoms with Gasteiger partial charge in [0, 0.05) is 0 Å². The van der Waals surface area contributed by atoms with Crippen molar-refractivity contribution in [2.24, 2.45) is 5.92 Å². The van der Waals surface area contributed by atoms with E-state index in [1.165, 1.54) is 37.7 Å². The lowest BCUT2D eigenvalue weighted by atomic mass is 9.86. The summed E-state index contributed by atoms with van der Waals surface area (Å²) in [4.78, 5) is 6.44. The van der Waals surface area contributed by atoms with Crippen molar-refractivity contribution in [1.82, 2.24) is 5.06 Å². The van der Waals surface area contributed by atoms with E-state index in [2.05, 4.69) is 38.1 Å². The van der Waals surface area contributed by atoms with E-state index in [1.54, 1.807) is 0 Å². The van der Waals surface area contributed by atoms with Crippen LogP contribution in [0.2, 0.25) is 0 Å². The second-order valence-electron chi connectivity index (χ2n) is 7.59.